The Labute approximate surface area is 155 Å². The van der Waals surface area contributed by atoms with Crippen molar-refractivity contribution in [2.45, 2.75) is 13.8 Å². The van der Waals surface area contributed by atoms with Crippen LogP contribution in [0.3, 0.4) is 0 Å². The highest BCUT2D eigenvalue weighted by molar-refractivity contribution is 7.80. The van der Waals surface area contributed by atoms with Gasteiger partial charge in [0.25, 0.3) is 5.91 Å². The third-order valence-corrected chi connectivity index (χ3v) is 4.29. The molecule has 6 nitrogen and oxygen atoms in total. The summed E-state index contributed by atoms with van der Waals surface area (Å²) in [7, 11) is 1.51. The summed E-state index contributed by atoms with van der Waals surface area (Å²) in [6.45, 7) is 3.57. The van der Waals surface area contributed by atoms with Gasteiger partial charge in [0.15, 0.2) is 5.11 Å². The van der Waals surface area contributed by atoms with Crippen LogP contribution in [0.5, 0.6) is 5.75 Å². The lowest BCUT2D eigenvalue weighted by molar-refractivity contribution is -0.122. The Morgan fingerprint density at radius 3 is 2.56 bits per heavy atom. The van der Waals surface area contributed by atoms with Gasteiger partial charge in [-0.2, -0.15) is 0 Å². The third-order valence-electron chi connectivity index (χ3n) is 3.21. The van der Waals surface area contributed by atoms with Crippen molar-refractivity contribution in [2.24, 2.45) is 5.92 Å². The zero-order valence-electron chi connectivity index (χ0n) is 14.1. The molecule has 1 heterocycles. The predicted octanol–water partition coefficient (Wildman–Crippen LogP) is 3.48. The van der Waals surface area contributed by atoms with E-state index >= 15 is 0 Å². The van der Waals surface area contributed by atoms with Gasteiger partial charge in [-0.1, -0.05) is 19.9 Å². The molecule has 2 aromatic rings. The lowest BCUT2D eigenvalue weighted by atomic mass is 10.2. The molecule has 132 valence electrons. The minimum Gasteiger partial charge on any atom is -0.494 e. The molecular formula is C17H19N3O3S2. The molecule has 0 radical (unpaired) electrons. The van der Waals surface area contributed by atoms with E-state index in [1.54, 1.807) is 38.1 Å². The van der Waals surface area contributed by atoms with Crippen LogP contribution in [-0.2, 0) is 4.79 Å². The molecule has 0 fully saturated rings. The van der Waals surface area contributed by atoms with Crippen LogP contribution < -0.4 is 20.7 Å². The maximum atomic E-state index is 12.2. The predicted molar refractivity (Wildman–Crippen MR) is 104 cm³/mol. The van der Waals surface area contributed by atoms with Gasteiger partial charge in [-0.25, -0.2) is 0 Å². The van der Waals surface area contributed by atoms with Gasteiger partial charge < -0.3 is 20.7 Å². The van der Waals surface area contributed by atoms with Gasteiger partial charge in [0, 0.05) is 17.7 Å². The van der Waals surface area contributed by atoms with E-state index in [4.69, 9.17) is 17.0 Å². The number of rotatable bonds is 5. The Morgan fingerprint density at radius 2 is 1.96 bits per heavy atom. The maximum absolute atomic E-state index is 12.2. The molecule has 8 heteroatoms. The van der Waals surface area contributed by atoms with E-state index in [2.05, 4.69) is 16.0 Å². The van der Waals surface area contributed by atoms with Crippen molar-refractivity contribution in [2.75, 3.05) is 17.7 Å². The molecular weight excluding hydrogens is 358 g/mol. The van der Waals surface area contributed by atoms with E-state index in [-0.39, 0.29) is 22.8 Å². The van der Waals surface area contributed by atoms with Crippen LogP contribution in [0.4, 0.5) is 11.4 Å². The maximum Gasteiger partial charge on any atom is 0.265 e. The largest absolute Gasteiger partial charge is 0.494 e. The number of hydrogen-bond acceptors (Lipinski definition) is 5. The van der Waals surface area contributed by atoms with Crippen LogP contribution in [0.1, 0.15) is 23.5 Å². The third kappa shape index (κ3) is 5.27. The van der Waals surface area contributed by atoms with Gasteiger partial charge in [0.05, 0.1) is 17.7 Å². The molecule has 0 spiro atoms. The number of carbonyl (C=O) groups is 2. The van der Waals surface area contributed by atoms with Gasteiger partial charge in [-0.3, -0.25) is 9.59 Å². The number of benzene rings is 1. The fraction of sp³-hybridized carbons (Fsp3) is 0.235. The summed E-state index contributed by atoms with van der Waals surface area (Å²) in [5, 5.41) is 10.4. The zero-order valence-corrected chi connectivity index (χ0v) is 15.7. The molecule has 0 saturated heterocycles. The number of thiocarbonyl (C=S) groups is 1. The number of amides is 2. The summed E-state index contributed by atoms with van der Waals surface area (Å²) in [4.78, 5) is 24.4. The first-order valence-electron chi connectivity index (χ1n) is 7.55. The summed E-state index contributed by atoms with van der Waals surface area (Å²) in [6.07, 6.45) is 0. The lowest BCUT2D eigenvalue weighted by Crippen LogP contribution is -2.36. The highest BCUT2D eigenvalue weighted by Gasteiger charge is 2.13. The molecule has 0 aliphatic carbocycles. The van der Waals surface area contributed by atoms with E-state index in [9.17, 15) is 9.59 Å². The number of carbonyl (C=O) groups excluding carboxylic acids is 2. The molecule has 0 aliphatic rings. The Kier molecular flexibility index (Phi) is 6.49. The Morgan fingerprint density at radius 1 is 1.20 bits per heavy atom. The molecule has 0 bridgehead atoms. The van der Waals surface area contributed by atoms with Crippen LogP contribution in [0.25, 0.3) is 0 Å². The highest BCUT2D eigenvalue weighted by Crippen LogP contribution is 2.28. The van der Waals surface area contributed by atoms with Gasteiger partial charge in [-0.05, 0) is 35.8 Å². The van der Waals surface area contributed by atoms with Gasteiger partial charge in [0.1, 0.15) is 5.75 Å². The van der Waals surface area contributed by atoms with E-state index in [1.165, 1.54) is 18.4 Å². The van der Waals surface area contributed by atoms with Crippen LogP contribution >= 0.6 is 23.6 Å². The quantitative estimate of drug-likeness (QED) is 0.695. The van der Waals surface area contributed by atoms with E-state index in [0.29, 0.717) is 22.0 Å². The molecule has 0 atom stereocenters. The van der Waals surface area contributed by atoms with Gasteiger partial charge in [-0.15, -0.1) is 11.3 Å². The Bertz CT molecular complexity index is 773. The first-order valence-corrected chi connectivity index (χ1v) is 8.84. The van der Waals surface area contributed by atoms with Crippen molar-refractivity contribution in [3.8, 4) is 5.75 Å². The Balaban J connectivity index is 2.07. The lowest BCUT2D eigenvalue weighted by Gasteiger charge is -2.14. The molecule has 0 aliphatic heterocycles. The molecule has 1 aromatic heterocycles. The molecule has 3 N–H and O–H groups in total. The molecule has 0 saturated carbocycles. The second-order valence-corrected chi connectivity index (χ2v) is 6.80. The van der Waals surface area contributed by atoms with Crippen molar-refractivity contribution in [3.05, 3.63) is 40.6 Å². The fourth-order valence-corrected chi connectivity index (χ4v) is 2.72. The number of ether oxygens (including phenoxy) is 1. The normalized spacial score (nSPS) is 10.2. The SMILES string of the molecule is COc1cc(NC(=S)NC(=O)C(C)C)ccc1NC(=O)c1cccs1. The monoisotopic (exact) mass is 377 g/mol. The van der Waals surface area contributed by atoms with Crippen molar-refractivity contribution in [1.29, 1.82) is 0 Å². The standard InChI is InChI=1S/C17H19N3O3S2/c1-10(2)15(21)20-17(24)18-11-6-7-12(13(9-11)23-3)19-16(22)14-5-4-8-25-14/h4-10H,1-3H3,(H,19,22)(H2,18,20,21,24). The van der Waals surface area contributed by atoms with Crippen LogP contribution in [0.2, 0.25) is 0 Å². The first kappa shape index (κ1) is 18.9. The summed E-state index contributed by atoms with van der Waals surface area (Å²) in [5.74, 6) is -0.0463. The topological polar surface area (TPSA) is 79.5 Å². The van der Waals surface area contributed by atoms with Crippen LogP contribution in [-0.4, -0.2) is 24.0 Å². The zero-order chi connectivity index (χ0) is 18.4. The summed E-state index contributed by atoms with van der Waals surface area (Å²) < 4.78 is 5.32. The first-order chi connectivity index (χ1) is 11.9. The average molecular weight is 377 g/mol. The van der Waals surface area contributed by atoms with Crippen molar-refractivity contribution >= 4 is 51.9 Å². The molecule has 1 aromatic carbocycles. The number of thiophene rings is 1. The number of methoxy groups -OCH3 is 1. The van der Waals surface area contributed by atoms with Crippen molar-refractivity contribution in [1.82, 2.24) is 5.32 Å². The molecule has 25 heavy (non-hydrogen) atoms. The summed E-state index contributed by atoms with van der Waals surface area (Å²) in [5.41, 5.74) is 1.18. The van der Waals surface area contributed by atoms with Gasteiger partial charge in [0.2, 0.25) is 5.91 Å². The second-order valence-electron chi connectivity index (χ2n) is 5.44. The van der Waals surface area contributed by atoms with E-state index < -0.39 is 0 Å². The fourth-order valence-electron chi connectivity index (χ4n) is 1.88. The molecule has 2 amide bonds. The van der Waals surface area contributed by atoms with E-state index in [0.717, 1.165) is 0 Å². The van der Waals surface area contributed by atoms with Crippen molar-refractivity contribution in [3.63, 3.8) is 0 Å². The minimum atomic E-state index is -0.200. The summed E-state index contributed by atoms with van der Waals surface area (Å²) >= 11 is 6.48. The molecule has 2 rings (SSSR count). The Hall–Kier alpha value is -2.45. The van der Waals surface area contributed by atoms with Crippen molar-refractivity contribution < 1.29 is 14.3 Å². The highest BCUT2D eigenvalue weighted by atomic mass is 32.1. The van der Waals surface area contributed by atoms with E-state index in [1.807, 2.05) is 11.4 Å². The number of nitrogens with one attached hydrogen (secondary N) is 3. The smallest absolute Gasteiger partial charge is 0.265 e. The average Bonchev–Trinajstić information content (AvgIpc) is 3.10. The summed E-state index contributed by atoms with van der Waals surface area (Å²) in [6, 6.07) is 8.70. The van der Waals surface area contributed by atoms with Crippen LogP contribution in [0, 0.1) is 5.92 Å². The van der Waals surface area contributed by atoms with Gasteiger partial charge >= 0.3 is 0 Å². The second kappa shape index (κ2) is 8.59. The number of hydrogen-bond donors (Lipinski definition) is 3. The number of anilines is 2. The van der Waals surface area contributed by atoms with Crippen LogP contribution in [0.15, 0.2) is 35.7 Å². The minimum absolute atomic E-state index is 0.163. The molecule has 0 unspecified atom stereocenters.